The van der Waals surface area contributed by atoms with Crippen molar-refractivity contribution >= 4 is 23.6 Å². The predicted molar refractivity (Wildman–Crippen MR) is 93.6 cm³/mol. The molecule has 3 heterocycles. The van der Waals surface area contributed by atoms with Gasteiger partial charge in [-0.05, 0) is 38.0 Å². The number of rotatable bonds is 4. The third-order valence-electron chi connectivity index (χ3n) is 4.41. The van der Waals surface area contributed by atoms with Gasteiger partial charge in [0, 0.05) is 38.0 Å². The molecule has 0 saturated carbocycles. The minimum Gasteiger partial charge on any atom is -0.382 e. The third kappa shape index (κ3) is 4.23. The Morgan fingerprint density at radius 2 is 2.32 bits per heavy atom. The molecule has 1 N–H and O–H groups in total. The summed E-state index contributed by atoms with van der Waals surface area (Å²) in [6.45, 7) is 4.86. The molecule has 2 unspecified atom stereocenters. The number of oxime groups is 1. The van der Waals surface area contributed by atoms with E-state index < -0.39 is 11.6 Å². The third-order valence-corrected chi connectivity index (χ3v) is 4.41. The monoisotopic (exact) mass is 342 g/mol. The topological polar surface area (TPSA) is 83.9 Å². The van der Waals surface area contributed by atoms with Crippen molar-refractivity contribution in [2.45, 2.75) is 38.3 Å². The largest absolute Gasteiger partial charge is 0.382 e. The highest BCUT2D eigenvalue weighted by Crippen LogP contribution is 2.24. The van der Waals surface area contributed by atoms with E-state index in [9.17, 15) is 9.59 Å². The van der Waals surface area contributed by atoms with Crippen LogP contribution in [0.4, 0.5) is 0 Å². The standard InChI is InChI=1S/C18H22N4O3/c1-13-10-15(25-21-13)17(24)22-9-7-18(2,12-22)20-16(23)6-5-14-4-3-8-19-11-14/h3-6,8,11,15H,7,9-10,12H2,1-2H3,(H,20,23)/b6-5+. The highest BCUT2D eigenvalue weighted by Gasteiger charge is 2.40. The van der Waals surface area contributed by atoms with Crippen LogP contribution < -0.4 is 5.32 Å². The van der Waals surface area contributed by atoms with Gasteiger partial charge in [-0.15, -0.1) is 0 Å². The number of nitrogens with zero attached hydrogens (tertiary/aromatic N) is 3. The lowest BCUT2D eigenvalue weighted by Gasteiger charge is -2.26. The molecule has 1 aromatic rings. The summed E-state index contributed by atoms with van der Waals surface area (Å²) in [4.78, 5) is 35.6. The maximum atomic E-state index is 12.5. The predicted octanol–water partition coefficient (Wildman–Crippen LogP) is 1.37. The van der Waals surface area contributed by atoms with Gasteiger partial charge in [-0.2, -0.15) is 0 Å². The lowest BCUT2D eigenvalue weighted by Crippen LogP contribution is -2.49. The first-order chi connectivity index (χ1) is 12.0. The van der Waals surface area contributed by atoms with Crippen LogP contribution in [0.1, 0.15) is 32.3 Å². The summed E-state index contributed by atoms with van der Waals surface area (Å²) in [6.07, 6.45) is 7.30. The average Bonchev–Trinajstić information content (AvgIpc) is 3.19. The van der Waals surface area contributed by atoms with Crippen LogP contribution in [0.15, 0.2) is 35.8 Å². The van der Waals surface area contributed by atoms with E-state index in [0.717, 1.165) is 11.3 Å². The van der Waals surface area contributed by atoms with E-state index in [-0.39, 0.29) is 11.8 Å². The maximum Gasteiger partial charge on any atom is 0.266 e. The van der Waals surface area contributed by atoms with Crippen LogP contribution in [-0.2, 0) is 14.4 Å². The molecule has 1 aromatic heterocycles. The number of hydrogen-bond acceptors (Lipinski definition) is 5. The Labute approximate surface area is 146 Å². The number of likely N-dealkylation sites (tertiary alicyclic amines) is 1. The molecule has 0 radical (unpaired) electrons. The summed E-state index contributed by atoms with van der Waals surface area (Å²) in [6, 6.07) is 3.69. The zero-order chi connectivity index (χ0) is 17.9. The molecule has 2 amide bonds. The van der Waals surface area contributed by atoms with E-state index >= 15 is 0 Å². The number of hydrogen-bond donors (Lipinski definition) is 1. The molecule has 0 bridgehead atoms. The van der Waals surface area contributed by atoms with Crippen molar-refractivity contribution in [2.24, 2.45) is 5.16 Å². The molecule has 2 atom stereocenters. The smallest absolute Gasteiger partial charge is 0.266 e. The summed E-state index contributed by atoms with van der Waals surface area (Å²) >= 11 is 0. The Morgan fingerprint density at radius 3 is 3.00 bits per heavy atom. The molecular formula is C18H22N4O3. The zero-order valence-corrected chi connectivity index (χ0v) is 14.4. The van der Waals surface area contributed by atoms with Crippen molar-refractivity contribution in [3.05, 3.63) is 36.2 Å². The van der Waals surface area contributed by atoms with Gasteiger partial charge in [0.2, 0.25) is 12.0 Å². The van der Waals surface area contributed by atoms with E-state index in [2.05, 4.69) is 15.5 Å². The van der Waals surface area contributed by atoms with Gasteiger partial charge < -0.3 is 15.1 Å². The summed E-state index contributed by atoms with van der Waals surface area (Å²) in [5.41, 5.74) is 1.24. The summed E-state index contributed by atoms with van der Waals surface area (Å²) in [5, 5.41) is 6.83. The number of pyridine rings is 1. The van der Waals surface area contributed by atoms with Crippen LogP contribution in [0.25, 0.3) is 6.08 Å². The fraction of sp³-hybridized carbons (Fsp3) is 0.444. The van der Waals surface area contributed by atoms with Crippen molar-refractivity contribution in [1.29, 1.82) is 0 Å². The maximum absolute atomic E-state index is 12.5. The molecule has 0 aliphatic carbocycles. The quantitative estimate of drug-likeness (QED) is 0.838. The van der Waals surface area contributed by atoms with Crippen molar-refractivity contribution in [1.82, 2.24) is 15.2 Å². The van der Waals surface area contributed by atoms with Crippen molar-refractivity contribution in [3.63, 3.8) is 0 Å². The number of carbonyl (C=O) groups excluding carboxylic acids is 2. The molecule has 7 nitrogen and oxygen atoms in total. The van der Waals surface area contributed by atoms with E-state index in [1.165, 1.54) is 6.08 Å². The normalized spacial score (nSPS) is 25.8. The molecule has 2 aliphatic rings. The Bertz CT molecular complexity index is 716. The Hall–Kier alpha value is -2.70. The minimum atomic E-state index is -0.525. The second kappa shape index (κ2) is 7.04. The second-order valence-electron chi connectivity index (χ2n) is 6.80. The highest BCUT2D eigenvalue weighted by molar-refractivity contribution is 5.93. The molecule has 3 rings (SSSR count). The van der Waals surface area contributed by atoms with Crippen LogP contribution >= 0.6 is 0 Å². The number of amides is 2. The first-order valence-electron chi connectivity index (χ1n) is 8.33. The summed E-state index contributed by atoms with van der Waals surface area (Å²) in [5.74, 6) is -0.249. The zero-order valence-electron chi connectivity index (χ0n) is 14.4. The fourth-order valence-electron chi connectivity index (χ4n) is 3.07. The lowest BCUT2D eigenvalue weighted by molar-refractivity contribution is -0.141. The van der Waals surface area contributed by atoms with Gasteiger partial charge in [0.05, 0.1) is 11.3 Å². The van der Waals surface area contributed by atoms with Gasteiger partial charge in [-0.25, -0.2) is 0 Å². The Morgan fingerprint density at radius 1 is 1.48 bits per heavy atom. The van der Waals surface area contributed by atoms with E-state index in [4.69, 9.17) is 4.84 Å². The molecule has 25 heavy (non-hydrogen) atoms. The van der Waals surface area contributed by atoms with E-state index in [1.54, 1.807) is 23.4 Å². The number of nitrogens with one attached hydrogen (secondary N) is 1. The van der Waals surface area contributed by atoms with Crippen LogP contribution in [0.5, 0.6) is 0 Å². The summed E-state index contributed by atoms with van der Waals surface area (Å²) in [7, 11) is 0. The van der Waals surface area contributed by atoms with Gasteiger partial charge in [0.25, 0.3) is 5.91 Å². The Balaban J connectivity index is 1.53. The van der Waals surface area contributed by atoms with Crippen molar-refractivity contribution in [2.75, 3.05) is 13.1 Å². The average molecular weight is 342 g/mol. The molecule has 0 aromatic carbocycles. The number of carbonyl (C=O) groups is 2. The summed E-state index contributed by atoms with van der Waals surface area (Å²) < 4.78 is 0. The molecule has 0 spiro atoms. The van der Waals surface area contributed by atoms with Crippen LogP contribution in [0, 0.1) is 0 Å². The highest BCUT2D eigenvalue weighted by atomic mass is 16.6. The molecule has 132 valence electrons. The molecule has 7 heteroatoms. The van der Waals surface area contributed by atoms with Gasteiger partial charge >= 0.3 is 0 Å². The fourth-order valence-corrected chi connectivity index (χ4v) is 3.07. The molecule has 1 fully saturated rings. The van der Waals surface area contributed by atoms with Gasteiger partial charge in [-0.3, -0.25) is 14.6 Å². The first-order valence-corrected chi connectivity index (χ1v) is 8.33. The van der Waals surface area contributed by atoms with Crippen LogP contribution in [0.2, 0.25) is 0 Å². The Kier molecular flexibility index (Phi) is 4.83. The lowest BCUT2D eigenvalue weighted by atomic mass is 10.0. The first kappa shape index (κ1) is 17.1. The molecule has 1 saturated heterocycles. The van der Waals surface area contributed by atoms with Crippen molar-refractivity contribution in [3.8, 4) is 0 Å². The van der Waals surface area contributed by atoms with Crippen LogP contribution in [0.3, 0.4) is 0 Å². The van der Waals surface area contributed by atoms with Gasteiger partial charge in [-0.1, -0.05) is 11.2 Å². The number of aromatic nitrogens is 1. The minimum absolute atomic E-state index is 0.0653. The molecule has 2 aliphatic heterocycles. The van der Waals surface area contributed by atoms with Gasteiger partial charge in [0.1, 0.15) is 0 Å². The molecular weight excluding hydrogens is 320 g/mol. The van der Waals surface area contributed by atoms with Crippen LogP contribution in [-0.4, -0.2) is 52.1 Å². The van der Waals surface area contributed by atoms with E-state index in [1.807, 2.05) is 26.0 Å². The second-order valence-corrected chi connectivity index (χ2v) is 6.80. The van der Waals surface area contributed by atoms with Gasteiger partial charge in [0.15, 0.2) is 0 Å². The SMILES string of the molecule is CC1=NOC(C(=O)N2CCC(C)(NC(=O)/C=C/c3cccnc3)C2)C1. The van der Waals surface area contributed by atoms with E-state index in [0.29, 0.717) is 25.9 Å². The van der Waals surface area contributed by atoms with Crippen molar-refractivity contribution < 1.29 is 14.4 Å².